The van der Waals surface area contributed by atoms with Crippen LogP contribution in [0.4, 0.5) is 0 Å². The van der Waals surface area contributed by atoms with Crippen LogP contribution in [0, 0.1) is 0 Å². The third kappa shape index (κ3) is 8.70. The normalized spacial score (nSPS) is 11.0. The van der Waals surface area contributed by atoms with Gasteiger partial charge in [0.25, 0.3) is 0 Å². The van der Waals surface area contributed by atoms with E-state index in [1.807, 2.05) is 30.0 Å². The van der Waals surface area contributed by atoms with Gasteiger partial charge >= 0.3 is 5.97 Å². The summed E-state index contributed by atoms with van der Waals surface area (Å²) in [5, 5.41) is 8.74. The molecule has 1 rings (SSSR count). The number of carboxylic acid groups (broad SMARTS) is 1. The zero-order chi connectivity index (χ0) is 16.9. The summed E-state index contributed by atoms with van der Waals surface area (Å²) in [5.41, 5.74) is 0.857. The van der Waals surface area contributed by atoms with Gasteiger partial charge in [-0.25, -0.2) is 4.79 Å². The molecule has 1 aromatic carbocycles. The highest BCUT2D eigenvalue weighted by atomic mass is 32.2. The van der Waals surface area contributed by atoms with Crippen LogP contribution >= 0.6 is 11.8 Å². The molecule has 23 heavy (non-hydrogen) atoms. The van der Waals surface area contributed by atoms with Gasteiger partial charge < -0.3 is 9.84 Å². The van der Waals surface area contributed by atoms with Crippen LogP contribution in [0.3, 0.4) is 0 Å². The molecule has 1 aromatic rings. The van der Waals surface area contributed by atoms with Crippen molar-refractivity contribution in [1.82, 2.24) is 0 Å². The summed E-state index contributed by atoms with van der Waals surface area (Å²) >= 11 is 1.82. The Labute approximate surface area is 144 Å². The molecule has 0 saturated heterocycles. The highest BCUT2D eigenvalue weighted by Gasteiger charge is 2.06. The van der Waals surface area contributed by atoms with Crippen LogP contribution in [0.1, 0.15) is 57.9 Å². The van der Waals surface area contributed by atoms with Crippen molar-refractivity contribution in [3.05, 3.63) is 29.8 Å². The lowest BCUT2D eigenvalue weighted by molar-refractivity contribution is -0.131. The number of ether oxygens (including phenoxy) is 1. The van der Waals surface area contributed by atoms with E-state index in [9.17, 15) is 4.79 Å². The van der Waals surface area contributed by atoms with Crippen molar-refractivity contribution in [2.45, 2.75) is 57.3 Å². The summed E-state index contributed by atoms with van der Waals surface area (Å²) in [5.74, 6) is 1.02. The minimum Gasteiger partial charge on any atom is -0.492 e. The summed E-state index contributed by atoms with van der Waals surface area (Å²) in [6.45, 7) is 5.09. The molecule has 0 radical (unpaired) electrons. The predicted octanol–water partition coefficient (Wildman–Crippen LogP) is 5.64. The highest BCUT2D eigenvalue weighted by Crippen LogP contribution is 2.31. The van der Waals surface area contributed by atoms with Gasteiger partial charge in [-0.3, -0.25) is 0 Å². The van der Waals surface area contributed by atoms with E-state index >= 15 is 0 Å². The molecule has 3 nitrogen and oxygen atoms in total. The number of aliphatic carboxylic acids is 1. The van der Waals surface area contributed by atoms with Crippen molar-refractivity contribution in [1.29, 1.82) is 0 Å². The fraction of sp³-hybridized carbons (Fsp3) is 0.526. The fourth-order valence-corrected chi connectivity index (χ4v) is 3.09. The van der Waals surface area contributed by atoms with Gasteiger partial charge in [-0.05, 0) is 42.4 Å². The topological polar surface area (TPSA) is 46.5 Å². The molecule has 0 saturated carbocycles. The average Bonchev–Trinajstić information content (AvgIpc) is 2.55. The second-order valence-corrected chi connectivity index (χ2v) is 6.63. The minimum atomic E-state index is -0.937. The molecule has 1 N–H and O–H groups in total. The summed E-state index contributed by atoms with van der Waals surface area (Å²) in [7, 11) is 0. The zero-order valence-corrected chi connectivity index (χ0v) is 15.0. The molecular weight excluding hydrogens is 308 g/mol. The first-order chi connectivity index (χ1) is 11.2. The molecule has 0 aliphatic heterocycles. The van der Waals surface area contributed by atoms with Crippen LogP contribution in [0.2, 0.25) is 0 Å². The molecule has 0 aromatic heterocycles. The van der Waals surface area contributed by atoms with E-state index in [0.717, 1.165) is 40.9 Å². The van der Waals surface area contributed by atoms with Crippen molar-refractivity contribution in [3.63, 3.8) is 0 Å². The van der Waals surface area contributed by atoms with E-state index < -0.39 is 5.97 Å². The minimum absolute atomic E-state index is 0.711. The van der Waals surface area contributed by atoms with Crippen molar-refractivity contribution >= 4 is 23.8 Å². The molecule has 0 unspecified atom stereocenters. The predicted molar refractivity (Wildman–Crippen MR) is 98.4 cm³/mol. The summed E-state index contributed by atoms with van der Waals surface area (Å²) in [6.07, 6.45) is 9.82. The highest BCUT2D eigenvalue weighted by molar-refractivity contribution is 7.99. The Bertz CT molecular complexity index is 497. The van der Waals surface area contributed by atoms with E-state index in [1.54, 1.807) is 6.08 Å². The molecule has 0 amide bonds. The Kier molecular flexibility index (Phi) is 10.3. The maximum Gasteiger partial charge on any atom is 0.328 e. The lowest BCUT2D eigenvalue weighted by Crippen LogP contribution is -1.99. The summed E-state index contributed by atoms with van der Waals surface area (Å²) in [6, 6.07) is 5.92. The first-order valence-electron chi connectivity index (χ1n) is 8.48. The second-order valence-electron chi connectivity index (χ2n) is 5.49. The molecule has 0 aliphatic rings. The van der Waals surface area contributed by atoms with Gasteiger partial charge in [0.2, 0.25) is 0 Å². The van der Waals surface area contributed by atoms with Crippen LogP contribution in [0.15, 0.2) is 29.2 Å². The summed E-state index contributed by atoms with van der Waals surface area (Å²) in [4.78, 5) is 11.8. The van der Waals surface area contributed by atoms with Crippen LogP contribution in [0.25, 0.3) is 6.08 Å². The van der Waals surface area contributed by atoms with Gasteiger partial charge in [-0.2, -0.15) is 0 Å². The van der Waals surface area contributed by atoms with Gasteiger partial charge in [0.05, 0.1) is 6.61 Å². The Morgan fingerprint density at radius 1 is 1.17 bits per heavy atom. The first-order valence-corrected chi connectivity index (χ1v) is 9.46. The SMILES string of the molecule is CCCCCOc1cc(C=CC(=O)O)ccc1SCCCCC. The number of carboxylic acids is 1. The fourth-order valence-electron chi connectivity index (χ4n) is 2.10. The van der Waals surface area contributed by atoms with Crippen LogP contribution in [-0.2, 0) is 4.79 Å². The van der Waals surface area contributed by atoms with E-state index in [4.69, 9.17) is 9.84 Å². The molecule has 0 heterocycles. The van der Waals surface area contributed by atoms with E-state index in [0.29, 0.717) is 6.61 Å². The van der Waals surface area contributed by atoms with Crippen LogP contribution in [0.5, 0.6) is 5.75 Å². The second kappa shape index (κ2) is 12.1. The average molecular weight is 336 g/mol. The lowest BCUT2D eigenvalue weighted by Gasteiger charge is -2.12. The Balaban J connectivity index is 2.74. The van der Waals surface area contributed by atoms with E-state index in [1.165, 1.54) is 25.7 Å². The van der Waals surface area contributed by atoms with Crippen molar-refractivity contribution in [2.24, 2.45) is 0 Å². The smallest absolute Gasteiger partial charge is 0.328 e. The number of rotatable bonds is 12. The molecular formula is C19H28O3S. The molecule has 0 fully saturated rings. The van der Waals surface area contributed by atoms with Gasteiger partial charge in [-0.15, -0.1) is 11.8 Å². The van der Waals surface area contributed by atoms with Crippen molar-refractivity contribution in [3.8, 4) is 5.75 Å². The number of hydrogen-bond acceptors (Lipinski definition) is 3. The largest absolute Gasteiger partial charge is 0.492 e. The van der Waals surface area contributed by atoms with Crippen molar-refractivity contribution in [2.75, 3.05) is 12.4 Å². The molecule has 0 spiro atoms. The molecule has 0 atom stereocenters. The van der Waals surface area contributed by atoms with Gasteiger partial charge in [0, 0.05) is 11.0 Å². The first kappa shape index (κ1) is 19.6. The third-order valence-corrected chi connectivity index (χ3v) is 4.54. The van der Waals surface area contributed by atoms with Crippen molar-refractivity contribution < 1.29 is 14.6 Å². The molecule has 4 heteroatoms. The Hall–Kier alpha value is -1.42. The molecule has 0 bridgehead atoms. The number of hydrogen-bond donors (Lipinski definition) is 1. The third-order valence-electron chi connectivity index (χ3n) is 3.40. The van der Waals surface area contributed by atoms with E-state index in [-0.39, 0.29) is 0 Å². The summed E-state index contributed by atoms with van der Waals surface area (Å²) < 4.78 is 5.94. The van der Waals surface area contributed by atoms with Gasteiger partial charge in [0.15, 0.2) is 0 Å². The standard InChI is InChI=1S/C19H28O3S/c1-3-5-7-13-22-17-15-16(10-12-19(20)21)9-11-18(17)23-14-8-6-4-2/h9-12,15H,3-8,13-14H2,1-2H3,(H,20,21). The quantitative estimate of drug-likeness (QED) is 0.305. The van der Waals surface area contributed by atoms with Gasteiger partial charge in [0.1, 0.15) is 5.75 Å². The monoisotopic (exact) mass is 336 g/mol. The van der Waals surface area contributed by atoms with Gasteiger partial charge in [-0.1, -0.05) is 45.6 Å². The zero-order valence-electron chi connectivity index (χ0n) is 14.2. The number of benzene rings is 1. The molecule has 128 valence electrons. The van der Waals surface area contributed by atoms with Crippen LogP contribution < -0.4 is 4.74 Å². The molecule has 0 aliphatic carbocycles. The van der Waals surface area contributed by atoms with E-state index in [2.05, 4.69) is 13.8 Å². The lowest BCUT2D eigenvalue weighted by atomic mass is 10.2. The Morgan fingerprint density at radius 3 is 2.61 bits per heavy atom. The maximum absolute atomic E-state index is 10.6. The number of carbonyl (C=O) groups is 1. The Morgan fingerprint density at radius 2 is 1.91 bits per heavy atom. The maximum atomic E-state index is 10.6. The number of unbranched alkanes of at least 4 members (excludes halogenated alkanes) is 4. The van der Waals surface area contributed by atoms with Crippen LogP contribution in [-0.4, -0.2) is 23.4 Å². The number of thioether (sulfide) groups is 1.